The van der Waals surface area contributed by atoms with Crippen molar-refractivity contribution < 1.29 is 24.3 Å². The van der Waals surface area contributed by atoms with Gasteiger partial charge in [0.2, 0.25) is 5.91 Å². The zero-order valence-electron chi connectivity index (χ0n) is 15.3. The summed E-state index contributed by atoms with van der Waals surface area (Å²) in [6.07, 6.45) is 2.06. The predicted molar refractivity (Wildman–Crippen MR) is 121 cm³/mol. The Balaban J connectivity index is 2.12. The van der Waals surface area contributed by atoms with E-state index in [1.165, 1.54) is 18.7 Å². The van der Waals surface area contributed by atoms with Gasteiger partial charge in [-0.1, -0.05) is 39.9 Å². The number of benzene rings is 1. The summed E-state index contributed by atoms with van der Waals surface area (Å²) in [7, 11) is 0. The lowest BCUT2D eigenvalue weighted by molar-refractivity contribution is -0.145. The third-order valence-corrected chi connectivity index (χ3v) is 6.96. The summed E-state index contributed by atoms with van der Waals surface area (Å²) in [6, 6.07) is 3.85. The minimum absolute atomic E-state index is 0.0403. The summed E-state index contributed by atoms with van der Waals surface area (Å²) in [5.41, 5.74) is 0.865. The number of carbonyl (C=O) groups is 4. The first kappa shape index (κ1) is 22.0. The maximum atomic E-state index is 13.2. The first-order chi connectivity index (χ1) is 13.7. The first-order valence-corrected chi connectivity index (χ1v) is 11.8. The van der Waals surface area contributed by atoms with Gasteiger partial charge in [-0.25, -0.2) is 9.69 Å². The minimum Gasteiger partial charge on any atom is -0.480 e. The molecule has 0 aliphatic carbocycles. The van der Waals surface area contributed by atoms with Gasteiger partial charge in [-0.15, -0.1) is 0 Å². The molecule has 1 N–H and O–H groups in total. The lowest BCUT2D eigenvalue weighted by Gasteiger charge is -2.22. The van der Waals surface area contributed by atoms with E-state index in [4.69, 9.17) is 12.2 Å². The Morgan fingerprint density at radius 2 is 2.00 bits per heavy atom. The zero-order valence-corrected chi connectivity index (χ0v) is 19.3. The van der Waals surface area contributed by atoms with E-state index in [2.05, 4.69) is 15.9 Å². The van der Waals surface area contributed by atoms with E-state index in [-0.39, 0.29) is 21.2 Å². The van der Waals surface area contributed by atoms with Gasteiger partial charge in [0.15, 0.2) is 0 Å². The molecular formula is C18H15BrN2O5S3. The third kappa shape index (κ3) is 3.88. The van der Waals surface area contributed by atoms with Crippen LogP contribution >= 0.6 is 51.7 Å². The molecule has 0 unspecified atom stereocenters. The second kappa shape index (κ2) is 8.58. The molecule has 1 fully saturated rings. The highest BCUT2D eigenvalue weighted by Crippen LogP contribution is 2.46. The number of halogens is 1. The van der Waals surface area contributed by atoms with Crippen molar-refractivity contribution in [3.05, 3.63) is 33.1 Å². The van der Waals surface area contributed by atoms with E-state index >= 15 is 0 Å². The van der Waals surface area contributed by atoms with Crippen molar-refractivity contribution in [2.45, 2.75) is 19.4 Å². The number of thiocarbonyl (C=S) groups is 1. The van der Waals surface area contributed by atoms with Crippen LogP contribution in [-0.2, 0) is 19.2 Å². The number of carbonyl (C=O) groups excluding carboxylic acids is 3. The number of aliphatic carboxylic acids is 1. The Kier molecular flexibility index (Phi) is 6.51. The lowest BCUT2D eigenvalue weighted by atomic mass is 10.1. The second-order valence-corrected chi connectivity index (χ2v) is 9.75. The first-order valence-electron chi connectivity index (χ1n) is 8.35. The van der Waals surface area contributed by atoms with Crippen molar-refractivity contribution in [2.75, 3.05) is 16.9 Å². The zero-order chi connectivity index (χ0) is 21.5. The van der Waals surface area contributed by atoms with Gasteiger partial charge < -0.3 is 5.11 Å². The van der Waals surface area contributed by atoms with E-state index in [0.29, 0.717) is 21.5 Å². The Morgan fingerprint density at radius 1 is 1.31 bits per heavy atom. The summed E-state index contributed by atoms with van der Waals surface area (Å²) in [4.78, 5) is 52.1. The van der Waals surface area contributed by atoms with E-state index in [9.17, 15) is 24.3 Å². The number of rotatable bonds is 5. The number of fused-ring (bicyclic) bond motifs is 1. The van der Waals surface area contributed by atoms with E-state index in [1.807, 2.05) is 6.26 Å². The quantitative estimate of drug-likeness (QED) is 0.472. The summed E-state index contributed by atoms with van der Waals surface area (Å²) in [6.45, 7) is 1.26. The topological polar surface area (TPSA) is 95.0 Å². The molecule has 1 aromatic rings. The molecule has 2 aliphatic rings. The van der Waals surface area contributed by atoms with Crippen LogP contribution in [0.1, 0.15) is 18.9 Å². The van der Waals surface area contributed by atoms with Crippen molar-refractivity contribution in [3.8, 4) is 0 Å². The van der Waals surface area contributed by atoms with Crippen LogP contribution in [-0.4, -0.2) is 56.1 Å². The molecule has 7 nitrogen and oxygen atoms in total. The summed E-state index contributed by atoms with van der Waals surface area (Å²) < 4.78 is 0.752. The molecule has 2 heterocycles. The molecule has 1 saturated heterocycles. The van der Waals surface area contributed by atoms with Crippen molar-refractivity contribution in [1.82, 2.24) is 4.90 Å². The molecule has 1 aromatic carbocycles. The fourth-order valence-corrected chi connectivity index (χ4v) is 5.41. The minimum atomic E-state index is -1.16. The average Bonchev–Trinajstić information content (AvgIpc) is 3.08. The van der Waals surface area contributed by atoms with Crippen LogP contribution in [0.5, 0.6) is 0 Å². The molecule has 3 amide bonds. The SMILES string of the molecule is CSCC[C@@H](C(=O)O)N1C(=O)/C(=C2/C(=O)N(C(C)=O)c3ccc(Br)cc32)SC1=S. The molecule has 0 aromatic heterocycles. The number of imide groups is 1. The summed E-state index contributed by atoms with van der Waals surface area (Å²) >= 11 is 11.0. The van der Waals surface area contributed by atoms with E-state index in [1.54, 1.807) is 18.2 Å². The molecule has 1 atom stereocenters. The highest BCUT2D eigenvalue weighted by atomic mass is 79.9. The van der Waals surface area contributed by atoms with Crippen molar-refractivity contribution in [3.63, 3.8) is 0 Å². The van der Waals surface area contributed by atoms with Gasteiger partial charge in [-0.2, -0.15) is 11.8 Å². The number of hydrogen-bond donors (Lipinski definition) is 1. The molecule has 29 heavy (non-hydrogen) atoms. The number of amides is 3. The van der Waals surface area contributed by atoms with E-state index in [0.717, 1.165) is 21.6 Å². The van der Waals surface area contributed by atoms with Crippen LogP contribution in [0.25, 0.3) is 5.57 Å². The van der Waals surface area contributed by atoms with Gasteiger partial charge in [0, 0.05) is 17.0 Å². The smallest absolute Gasteiger partial charge is 0.326 e. The molecule has 0 bridgehead atoms. The number of anilines is 1. The van der Waals surface area contributed by atoms with Crippen LogP contribution in [0.3, 0.4) is 0 Å². The standard InChI is InChI=1S/C18H15BrN2O5S3/c1-8(22)20-11-4-3-9(19)7-10(11)13(15(20)23)14-16(24)21(18(27)29-14)12(17(25)26)5-6-28-2/h3-4,7,12H,5-6H2,1-2H3,(H,25,26)/b14-13-/t12-/m0/s1. The van der Waals surface area contributed by atoms with Gasteiger partial charge in [0.05, 0.1) is 16.2 Å². The number of carboxylic acids is 1. The highest BCUT2D eigenvalue weighted by Gasteiger charge is 2.46. The molecule has 11 heteroatoms. The summed E-state index contributed by atoms with van der Waals surface area (Å²) in [5.74, 6) is -2.36. The van der Waals surface area contributed by atoms with Gasteiger partial charge in [0.1, 0.15) is 10.4 Å². The number of thioether (sulfide) groups is 2. The largest absolute Gasteiger partial charge is 0.480 e. The van der Waals surface area contributed by atoms with Crippen LogP contribution in [0.4, 0.5) is 5.69 Å². The van der Waals surface area contributed by atoms with Gasteiger partial charge in [-0.05, 0) is 36.6 Å². The number of nitrogens with zero attached hydrogens (tertiary/aromatic N) is 2. The Morgan fingerprint density at radius 3 is 2.59 bits per heavy atom. The molecule has 3 rings (SSSR count). The number of hydrogen-bond acceptors (Lipinski definition) is 7. The Bertz CT molecular complexity index is 994. The van der Waals surface area contributed by atoms with Gasteiger partial charge >= 0.3 is 5.97 Å². The molecule has 152 valence electrons. The Labute approximate surface area is 189 Å². The van der Waals surface area contributed by atoms with Gasteiger partial charge in [0.25, 0.3) is 11.8 Å². The highest BCUT2D eigenvalue weighted by molar-refractivity contribution is 9.10. The maximum Gasteiger partial charge on any atom is 0.326 e. The third-order valence-electron chi connectivity index (χ3n) is 4.42. The predicted octanol–water partition coefficient (Wildman–Crippen LogP) is 3.12. The van der Waals surface area contributed by atoms with E-state index < -0.39 is 29.7 Å². The van der Waals surface area contributed by atoms with Crippen LogP contribution < -0.4 is 4.90 Å². The van der Waals surface area contributed by atoms with Crippen molar-refractivity contribution in [2.24, 2.45) is 0 Å². The Hall–Kier alpha value is -1.69. The van der Waals surface area contributed by atoms with Crippen molar-refractivity contribution >= 4 is 90.9 Å². The monoisotopic (exact) mass is 514 g/mol. The van der Waals surface area contributed by atoms with Gasteiger partial charge in [-0.3, -0.25) is 19.3 Å². The number of carboxylic acid groups (broad SMARTS) is 1. The van der Waals surface area contributed by atoms with Crippen LogP contribution in [0.15, 0.2) is 27.6 Å². The molecule has 0 spiro atoms. The fraction of sp³-hybridized carbons (Fsp3) is 0.278. The molecule has 0 saturated carbocycles. The second-order valence-electron chi connectivity index (χ2n) is 6.20. The van der Waals surface area contributed by atoms with Crippen LogP contribution in [0, 0.1) is 0 Å². The maximum absolute atomic E-state index is 13.2. The average molecular weight is 515 g/mol. The fourth-order valence-electron chi connectivity index (χ4n) is 3.16. The van der Waals surface area contributed by atoms with Crippen molar-refractivity contribution in [1.29, 1.82) is 0 Å². The summed E-state index contributed by atoms with van der Waals surface area (Å²) in [5, 5.41) is 9.59. The molecule has 0 radical (unpaired) electrons. The van der Waals surface area contributed by atoms with Crippen LogP contribution in [0.2, 0.25) is 0 Å². The normalized spacial score (nSPS) is 19.8. The molecule has 2 aliphatic heterocycles. The molecular weight excluding hydrogens is 500 g/mol. The lowest BCUT2D eigenvalue weighted by Crippen LogP contribution is -2.44.